The van der Waals surface area contributed by atoms with E-state index < -0.39 is 17.9 Å². The summed E-state index contributed by atoms with van der Waals surface area (Å²) in [5, 5.41) is 13.7. The number of hydrogen-bond donors (Lipinski definition) is 3. The summed E-state index contributed by atoms with van der Waals surface area (Å²) in [6, 6.07) is 2.34. The topological polar surface area (TPSA) is 109 Å². The molecule has 1 rings (SSSR count). The SMILES string of the molecule is CC(CNC(=O)C(C)NC(=O)c1ccco1)CC(=O)O. The number of nitrogens with one attached hydrogen (secondary N) is 2. The molecule has 3 N–H and O–H groups in total. The van der Waals surface area contributed by atoms with Gasteiger partial charge in [-0.3, -0.25) is 14.4 Å². The van der Waals surface area contributed by atoms with Gasteiger partial charge in [0.25, 0.3) is 5.91 Å². The molecule has 2 atom stereocenters. The van der Waals surface area contributed by atoms with Crippen molar-refractivity contribution in [1.29, 1.82) is 0 Å². The summed E-state index contributed by atoms with van der Waals surface area (Å²) in [5.41, 5.74) is 0. The van der Waals surface area contributed by atoms with Gasteiger partial charge in [-0.2, -0.15) is 0 Å². The van der Waals surface area contributed by atoms with Gasteiger partial charge < -0.3 is 20.2 Å². The first-order chi connectivity index (χ1) is 9.40. The van der Waals surface area contributed by atoms with Gasteiger partial charge >= 0.3 is 5.97 Å². The van der Waals surface area contributed by atoms with E-state index in [1.165, 1.54) is 19.3 Å². The van der Waals surface area contributed by atoms with Crippen LogP contribution in [0.2, 0.25) is 0 Å². The van der Waals surface area contributed by atoms with E-state index in [-0.39, 0.29) is 30.6 Å². The molecule has 2 unspecified atom stereocenters. The van der Waals surface area contributed by atoms with Gasteiger partial charge in [-0.05, 0) is 25.0 Å². The molecule has 0 aliphatic carbocycles. The maximum atomic E-state index is 11.7. The van der Waals surface area contributed by atoms with Crippen LogP contribution in [0.3, 0.4) is 0 Å². The number of carboxylic acid groups (broad SMARTS) is 1. The number of hydrogen-bond acceptors (Lipinski definition) is 4. The van der Waals surface area contributed by atoms with Gasteiger partial charge in [0.1, 0.15) is 6.04 Å². The number of carbonyl (C=O) groups excluding carboxylic acids is 2. The van der Waals surface area contributed by atoms with Crippen LogP contribution in [0.25, 0.3) is 0 Å². The van der Waals surface area contributed by atoms with E-state index in [0.29, 0.717) is 0 Å². The van der Waals surface area contributed by atoms with Crippen LogP contribution in [0.1, 0.15) is 30.8 Å². The quantitative estimate of drug-likeness (QED) is 0.679. The first-order valence-corrected chi connectivity index (χ1v) is 6.24. The fourth-order valence-corrected chi connectivity index (χ4v) is 1.54. The van der Waals surface area contributed by atoms with E-state index in [1.807, 2.05) is 0 Å². The number of carbonyl (C=O) groups is 3. The van der Waals surface area contributed by atoms with Crippen LogP contribution in [0, 0.1) is 5.92 Å². The Morgan fingerprint density at radius 2 is 2.05 bits per heavy atom. The molecular formula is C13H18N2O5. The van der Waals surface area contributed by atoms with Gasteiger partial charge in [0.2, 0.25) is 5.91 Å². The summed E-state index contributed by atoms with van der Waals surface area (Å²) in [5.74, 6) is -1.81. The molecule has 0 aliphatic heterocycles. The summed E-state index contributed by atoms with van der Waals surface area (Å²) in [6.07, 6.45) is 1.35. The molecule has 1 heterocycles. The first kappa shape index (κ1) is 15.7. The second-order valence-electron chi connectivity index (χ2n) is 4.62. The molecule has 1 aromatic heterocycles. The van der Waals surface area contributed by atoms with Gasteiger partial charge in [-0.15, -0.1) is 0 Å². The zero-order valence-electron chi connectivity index (χ0n) is 11.4. The van der Waals surface area contributed by atoms with Crippen molar-refractivity contribution in [2.75, 3.05) is 6.54 Å². The maximum absolute atomic E-state index is 11.7. The van der Waals surface area contributed by atoms with Crippen LogP contribution in [0.5, 0.6) is 0 Å². The van der Waals surface area contributed by atoms with E-state index in [1.54, 1.807) is 13.0 Å². The highest BCUT2D eigenvalue weighted by atomic mass is 16.4. The number of furan rings is 1. The van der Waals surface area contributed by atoms with Gasteiger partial charge in [0, 0.05) is 13.0 Å². The number of amides is 2. The Morgan fingerprint density at radius 1 is 1.35 bits per heavy atom. The van der Waals surface area contributed by atoms with Crippen LogP contribution >= 0.6 is 0 Å². The van der Waals surface area contributed by atoms with E-state index in [4.69, 9.17) is 9.52 Å². The molecule has 0 bridgehead atoms. The summed E-state index contributed by atoms with van der Waals surface area (Å²) in [7, 11) is 0. The normalized spacial score (nSPS) is 13.3. The summed E-state index contributed by atoms with van der Waals surface area (Å²) >= 11 is 0. The van der Waals surface area contributed by atoms with Gasteiger partial charge in [0.05, 0.1) is 6.26 Å². The number of aliphatic carboxylic acids is 1. The van der Waals surface area contributed by atoms with Crippen LogP contribution in [-0.4, -0.2) is 35.5 Å². The minimum atomic E-state index is -0.911. The predicted molar refractivity (Wildman–Crippen MR) is 70.1 cm³/mol. The monoisotopic (exact) mass is 282 g/mol. The van der Waals surface area contributed by atoms with Crippen molar-refractivity contribution >= 4 is 17.8 Å². The Bertz CT molecular complexity index is 469. The van der Waals surface area contributed by atoms with Gasteiger partial charge in [-0.1, -0.05) is 6.92 Å². The third kappa shape index (κ3) is 5.13. The van der Waals surface area contributed by atoms with Crippen LogP contribution in [-0.2, 0) is 9.59 Å². The molecule has 2 amide bonds. The van der Waals surface area contributed by atoms with Crippen LogP contribution in [0.4, 0.5) is 0 Å². The molecule has 0 radical (unpaired) electrons. The van der Waals surface area contributed by atoms with Crippen LogP contribution in [0.15, 0.2) is 22.8 Å². The third-order valence-corrected chi connectivity index (χ3v) is 2.63. The molecule has 0 fully saturated rings. The Hall–Kier alpha value is -2.31. The zero-order valence-corrected chi connectivity index (χ0v) is 11.4. The summed E-state index contributed by atoms with van der Waals surface area (Å²) in [4.78, 5) is 33.9. The molecule has 110 valence electrons. The highest BCUT2D eigenvalue weighted by Crippen LogP contribution is 2.01. The average Bonchev–Trinajstić information content (AvgIpc) is 2.88. The maximum Gasteiger partial charge on any atom is 0.303 e. The minimum absolute atomic E-state index is 0.0204. The van der Waals surface area contributed by atoms with E-state index >= 15 is 0 Å². The lowest BCUT2D eigenvalue weighted by Crippen LogP contribution is -2.45. The molecule has 20 heavy (non-hydrogen) atoms. The van der Waals surface area contributed by atoms with Crippen molar-refractivity contribution in [3.8, 4) is 0 Å². The molecule has 0 saturated carbocycles. The predicted octanol–water partition coefficient (Wildman–Crippen LogP) is 0.625. The smallest absolute Gasteiger partial charge is 0.303 e. The zero-order chi connectivity index (χ0) is 15.1. The fraction of sp³-hybridized carbons (Fsp3) is 0.462. The summed E-state index contributed by atoms with van der Waals surface area (Å²) < 4.78 is 4.91. The highest BCUT2D eigenvalue weighted by Gasteiger charge is 2.18. The Balaban J connectivity index is 2.36. The second-order valence-corrected chi connectivity index (χ2v) is 4.62. The molecule has 0 spiro atoms. The van der Waals surface area contributed by atoms with Crippen molar-refractivity contribution in [2.24, 2.45) is 5.92 Å². The van der Waals surface area contributed by atoms with Crippen LogP contribution < -0.4 is 10.6 Å². The van der Waals surface area contributed by atoms with Crippen molar-refractivity contribution < 1.29 is 23.9 Å². The second kappa shape index (κ2) is 7.32. The average molecular weight is 282 g/mol. The first-order valence-electron chi connectivity index (χ1n) is 6.24. The van der Waals surface area contributed by atoms with E-state index in [9.17, 15) is 14.4 Å². The minimum Gasteiger partial charge on any atom is -0.481 e. The van der Waals surface area contributed by atoms with Crippen molar-refractivity contribution in [3.63, 3.8) is 0 Å². The molecular weight excluding hydrogens is 264 g/mol. The lowest BCUT2D eigenvalue weighted by molar-refractivity contribution is -0.138. The van der Waals surface area contributed by atoms with E-state index in [2.05, 4.69) is 10.6 Å². The largest absolute Gasteiger partial charge is 0.481 e. The Morgan fingerprint density at radius 3 is 2.60 bits per heavy atom. The van der Waals surface area contributed by atoms with Crippen molar-refractivity contribution in [2.45, 2.75) is 26.3 Å². The molecule has 7 heteroatoms. The van der Waals surface area contributed by atoms with Gasteiger partial charge in [-0.25, -0.2) is 0 Å². The molecule has 0 aliphatic rings. The lowest BCUT2D eigenvalue weighted by atomic mass is 10.1. The standard InChI is InChI=1S/C13H18N2O5/c1-8(6-11(16)17)7-14-12(18)9(2)15-13(19)10-4-3-5-20-10/h3-5,8-9H,6-7H2,1-2H3,(H,14,18)(H,15,19)(H,16,17). The van der Waals surface area contributed by atoms with E-state index in [0.717, 1.165) is 0 Å². The summed E-state index contributed by atoms with van der Waals surface area (Å²) in [6.45, 7) is 3.50. The number of rotatable bonds is 7. The van der Waals surface area contributed by atoms with Crippen molar-refractivity contribution in [1.82, 2.24) is 10.6 Å². The highest BCUT2D eigenvalue weighted by molar-refractivity contribution is 5.95. The Kier molecular flexibility index (Phi) is 5.76. The molecule has 0 aromatic carbocycles. The van der Waals surface area contributed by atoms with Gasteiger partial charge in [0.15, 0.2) is 5.76 Å². The molecule has 1 aromatic rings. The Labute approximate surface area is 116 Å². The molecule has 0 saturated heterocycles. The fourth-order valence-electron chi connectivity index (χ4n) is 1.54. The third-order valence-electron chi connectivity index (χ3n) is 2.63. The lowest BCUT2D eigenvalue weighted by Gasteiger charge is -2.15. The number of carboxylic acids is 1. The van der Waals surface area contributed by atoms with Crippen molar-refractivity contribution in [3.05, 3.63) is 24.2 Å². The molecule has 7 nitrogen and oxygen atoms in total.